The number of methoxy groups -OCH3 is 1. The predicted molar refractivity (Wildman–Crippen MR) is 125 cm³/mol. The maximum absolute atomic E-state index is 11.1. The molecule has 164 valence electrons. The molecular weight excluding hydrogens is 390 g/mol. The minimum absolute atomic E-state index is 0.359. The van der Waals surface area contributed by atoms with Gasteiger partial charge in [-0.3, -0.25) is 4.98 Å². The summed E-state index contributed by atoms with van der Waals surface area (Å²) >= 11 is 0. The number of ether oxygens (including phenoxy) is 2. The second kappa shape index (κ2) is 10.7. The summed E-state index contributed by atoms with van der Waals surface area (Å²) in [6.45, 7) is 3.08. The van der Waals surface area contributed by atoms with Crippen LogP contribution in [0, 0.1) is 0 Å². The van der Waals surface area contributed by atoms with Gasteiger partial charge in [0.15, 0.2) is 0 Å². The number of nitrogens with zero attached hydrogens (tertiary/aromatic N) is 2. The van der Waals surface area contributed by atoms with E-state index < -0.39 is 0 Å². The number of esters is 1. The van der Waals surface area contributed by atoms with E-state index in [-0.39, 0.29) is 5.97 Å². The average molecular weight is 422 g/mol. The molecule has 0 atom stereocenters. The summed E-state index contributed by atoms with van der Waals surface area (Å²) in [5.74, 6) is 0.704. The average Bonchev–Trinajstić information content (AvgIpc) is 2.83. The van der Waals surface area contributed by atoms with Gasteiger partial charge in [-0.05, 0) is 62.0 Å². The van der Waals surface area contributed by atoms with E-state index >= 15 is 0 Å². The van der Waals surface area contributed by atoms with Gasteiger partial charge >= 0.3 is 5.97 Å². The van der Waals surface area contributed by atoms with Crippen molar-refractivity contribution in [3.63, 3.8) is 0 Å². The van der Waals surface area contributed by atoms with Crippen molar-refractivity contribution in [3.8, 4) is 5.75 Å². The summed E-state index contributed by atoms with van der Waals surface area (Å²) in [5.41, 5.74) is 6.50. The van der Waals surface area contributed by atoms with Crippen LogP contribution in [0.1, 0.15) is 42.1 Å². The van der Waals surface area contributed by atoms with Gasteiger partial charge in [-0.1, -0.05) is 12.1 Å². The number of likely N-dealkylation sites (N-methyl/N-ethyl adjacent to an activating group) is 1. The van der Waals surface area contributed by atoms with Gasteiger partial charge in [0.2, 0.25) is 0 Å². The van der Waals surface area contributed by atoms with Gasteiger partial charge in [0, 0.05) is 37.7 Å². The first kappa shape index (κ1) is 22.4. The van der Waals surface area contributed by atoms with Gasteiger partial charge in [-0.25, -0.2) is 4.79 Å². The monoisotopic (exact) mass is 421 g/mol. The number of anilines is 2. The standard InChI is InChI=1S/C17H21NO.C8H10N2O2/c1-13-6-3-4-8-16(13)18(2)15-10-9-14-7-5-11-19-17(14)12-15;1-9-7-5-10-4-3-6(7)8(11)12-2/h4,8-10,12H,3,5-7,11H2,1-2H3;3-5,9H,1-2H3. The molecule has 31 heavy (non-hydrogen) atoms. The van der Waals surface area contributed by atoms with Gasteiger partial charge in [-0.15, -0.1) is 0 Å². The van der Waals surface area contributed by atoms with Crippen LogP contribution in [-0.2, 0) is 11.2 Å². The van der Waals surface area contributed by atoms with E-state index in [4.69, 9.17) is 4.74 Å². The molecule has 4 rings (SSSR count). The molecule has 0 unspecified atom stereocenters. The van der Waals surface area contributed by atoms with Crippen molar-refractivity contribution in [2.75, 3.05) is 38.0 Å². The lowest BCUT2D eigenvalue weighted by Gasteiger charge is -2.27. The Labute approximate surface area is 184 Å². The van der Waals surface area contributed by atoms with Crippen molar-refractivity contribution >= 4 is 17.3 Å². The predicted octanol–water partition coefficient (Wildman–Crippen LogP) is 4.98. The molecule has 0 saturated heterocycles. The number of aryl methyl sites for hydroxylation is 1. The van der Waals surface area contributed by atoms with Crippen LogP contribution in [0.4, 0.5) is 11.4 Å². The maximum Gasteiger partial charge on any atom is 0.340 e. The Balaban J connectivity index is 0.000000196. The number of rotatable bonds is 4. The minimum Gasteiger partial charge on any atom is -0.493 e. The zero-order chi connectivity index (χ0) is 22.2. The lowest BCUT2D eigenvalue weighted by atomic mass is 10.0. The Morgan fingerprint density at radius 3 is 2.84 bits per heavy atom. The third-order valence-electron chi connectivity index (χ3n) is 5.54. The van der Waals surface area contributed by atoms with Gasteiger partial charge < -0.3 is 19.7 Å². The van der Waals surface area contributed by atoms with Crippen molar-refractivity contribution < 1.29 is 14.3 Å². The molecule has 0 saturated carbocycles. The molecule has 0 radical (unpaired) electrons. The van der Waals surface area contributed by atoms with Crippen LogP contribution in [-0.4, -0.2) is 38.8 Å². The zero-order valence-electron chi connectivity index (χ0n) is 18.8. The second-order valence-corrected chi connectivity index (χ2v) is 7.57. The first-order chi connectivity index (χ1) is 15.0. The van der Waals surface area contributed by atoms with Crippen molar-refractivity contribution in [2.24, 2.45) is 0 Å². The Bertz CT molecular complexity index is 982. The number of carbonyl (C=O) groups is 1. The quantitative estimate of drug-likeness (QED) is 0.703. The molecule has 1 aliphatic heterocycles. The molecule has 1 N–H and O–H groups in total. The molecule has 6 nitrogen and oxygen atoms in total. The van der Waals surface area contributed by atoms with Crippen LogP contribution < -0.4 is 15.0 Å². The summed E-state index contributed by atoms with van der Waals surface area (Å²) in [6, 6.07) is 8.20. The summed E-state index contributed by atoms with van der Waals surface area (Å²) in [7, 11) is 5.21. The number of carbonyl (C=O) groups excluding carboxylic acids is 1. The Hall–Kier alpha value is -3.28. The van der Waals surface area contributed by atoms with Gasteiger partial charge in [-0.2, -0.15) is 0 Å². The SMILES string of the molecule is CC1=C(N(C)c2ccc3c(c2)OCCC3)C=CCC1.CNc1cnccc1C(=O)OC. The molecule has 0 fully saturated rings. The lowest BCUT2D eigenvalue weighted by Crippen LogP contribution is -2.18. The van der Waals surface area contributed by atoms with Crippen LogP contribution in [0.15, 0.2) is 60.1 Å². The molecule has 0 amide bonds. The molecule has 6 heteroatoms. The molecule has 1 aromatic carbocycles. The number of allylic oxidation sites excluding steroid dienone is 3. The molecule has 0 spiro atoms. The molecule has 1 aliphatic carbocycles. The van der Waals surface area contributed by atoms with E-state index in [1.165, 1.54) is 29.6 Å². The van der Waals surface area contributed by atoms with E-state index in [1.807, 2.05) is 0 Å². The highest BCUT2D eigenvalue weighted by Gasteiger charge is 2.15. The topological polar surface area (TPSA) is 63.7 Å². The van der Waals surface area contributed by atoms with Crippen molar-refractivity contribution in [2.45, 2.75) is 32.6 Å². The van der Waals surface area contributed by atoms with E-state index in [1.54, 1.807) is 25.5 Å². The largest absolute Gasteiger partial charge is 0.493 e. The van der Waals surface area contributed by atoms with Crippen LogP contribution in [0.25, 0.3) is 0 Å². The molecule has 2 aromatic rings. The smallest absolute Gasteiger partial charge is 0.340 e. The zero-order valence-corrected chi connectivity index (χ0v) is 18.8. The number of pyridine rings is 1. The first-order valence-electron chi connectivity index (χ1n) is 10.6. The minimum atomic E-state index is -0.359. The van der Waals surface area contributed by atoms with Gasteiger partial charge in [0.05, 0.1) is 31.2 Å². The Kier molecular flexibility index (Phi) is 7.70. The fraction of sp³-hybridized carbons (Fsp3) is 0.360. The van der Waals surface area contributed by atoms with Crippen LogP contribution in [0.2, 0.25) is 0 Å². The highest BCUT2D eigenvalue weighted by Crippen LogP contribution is 2.32. The second-order valence-electron chi connectivity index (χ2n) is 7.57. The molecule has 1 aromatic heterocycles. The van der Waals surface area contributed by atoms with Crippen LogP contribution >= 0.6 is 0 Å². The molecule has 2 heterocycles. The normalized spacial score (nSPS) is 14.6. The van der Waals surface area contributed by atoms with Crippen LogP contribution in [0.3, 0.4) is 0 Å². The maximum atomic E-state index is 11.1. The number of fused-ring (bicyclic) bond motifs is 1. The highest BCUT2D eigenvalue weighted by molar-refractivity contribution is 5.95. The van der Waals surface area contributed by atoms with Gasteiger partial charge in [0.1, 0.15) is 5.75 Å². The first-order valence-corrected chi connectivity index (χ1v) is 10.6. The van der Waals surface area contributed by atoms with Crippen molar-refractivity contribution in [3.05, 3.63) is 71.2 Å². The summed E-state index contributed by atoms with van der Waals surface area (Å²) in [4.78, 5) is 17.2. The number of aromatic nitrogens is 1. The molecule has 0 bridgehead atoms. The molecular formula is C25H31N3O3. The Morgan fingerprint density at radius 1 is 1.26 bits per heavy atom. The van der Waals surface area contributed by atoms with Gasteiger partial charge in [0.25, 0.3) is 0 Å². The number of hydrogen-bond donors (Lipinski definition) is 1. The fourth-order valence-electron chi connectivity index (χ4n) is 3.72. The highest BCUT2D eigenvalue weighted by atomic mass is 16.5. The van der Waals surface area contributed by atoms with Crippen molar-refractivity contribution in [1.29, 1.82) is 0 Å². The summed E-state index contributed by atoms with van der Waals surface area (Å²) in [6.07, 6.45) is 12.2. The number of benzene rings is 1. The third kappa shape index (κ3) is 5.45. The number of hydrogen-bond acceptors (Lipinski definition) is 6. The van der Waals surface area contributed by atoms with E-state index in [0.717, 1.165) is 38.0 Å². The lowest BCUT2D eigenvalue weighted by molar-refractivity contribution is 0.0601. The summed E-state index contributed by atoms with van der Waals surface area (Å²) < 4.78 is 10.3. The van der Waals surface area contributed by atoms with E-state index in [0.29, 0.717) is 11.3 Å². The third-order valence-corrected chi connectivity index (χ3v) is 5.54. The van der Waals surface area contributed by atoms with Crippen molar-refractivity contribution in [1.82, 2.24) is 4.98 Å². The molecule has 2 aliphatic rings. The van der Waals surface area contributed by atoms with E-state index in [2.05, 4.69) is 64.3 Å². The Morgan fingerprint density at radius 2 is 2.10 bits per heavy atom. The number of nitrogens with one attached hydrogen (secondary N) is 1. The van der Waals surface area contributed by atoms with Crippen LogP contribution in [0.5, 0.6) is 5.75 Å². The summed E-state index contributed by atoms with van der Waals surface area (Å²) in [5, 5.41) is 2.85. The fourth-order valence-corrected chi connectivity index (χ4v) is 3.72. The van der Waals surface area contributed by atoms with E-state index in [9.17, 15) is 4.79 Å².